The molecule has 0 amide bonds. The fourth-order valence-corrected chi connectivity index (χ4v) is 1.69. The number of nitrogens with zero attached hydrogens (tertiary/aromatic N) is 2. The lowest BCUT2D eigenvalue weighted by Crippen LogP contribution is -2.15. The van der Waals surface area contributed by atoms with Crippen molar-refractivity contribution in [2.75, 3.05) is 11.9 Å². The van der Waals surface area contributed by atoms with Crippen LogP contribution in [0.15, 0.2) is 22.7 Å². The van der Waals surface area contributed by atoms with Crippen LogP contribution in [0, 0.1) is 28.1 Å². The third kappa shape index (κ3) is 4.09. The van der Waals surface area contributed by atoms with Crippen molar-refractivity contribution in [1.82, 2.24) is 0 Å². The average molecular weight is 292 g/mol. The fourth-order valence-electron chi connectivity index (χ4n) is 1.33. The second-order valence-electron chi connectivity index (χ2n) is 4.47. The van der Waals surface area contributed by atoms with E-state index in [2.05, 4.69) is 33.4 Å². The van der Waals surface area contributed by atoms with Gasteiger partial charge in [-0.2, -0.15) is 10.5 Å². The molecule has 0 aliphatic carbocycles. The highest BCUT2D eigenvalue weighted by molar-refractivity contribution is 9.10. The minimum Gasteiger partial charge on any atom is -0.384 e. The molecule has 0 bridgehead atoms. The zero-order valence-corrected chi connectivity index (χ0v) is 11.5. The zero-order valence-electron chi connectivity index (χ0n) is 9.92. The Bertz CT molecular complexity index is 480. The first-order valence-electron chi connectivity index (χ1n) is 5.33. The molecule has 0 spiro atoms. The lowest BCUT2D eigenvalue weighted by Gasteiger charge is -2.16. The molecule has 0 atom stereocenters. The summed E-state index contributed by atoms with van der Waals surface area (Å²) < 4.78 is 0.929. The molecular weight excluding hydrogens is 278 g/mol. The summed E-state index contributed by atoms with van der Waals surface area (Å²) in [6, 6.07) is 9.86. The van der Waals surface area contributed by atoms with Gasteiger partial charge < -0.3 is 5.32 Å². The quantitative estimate of drug-likeness (QED) is 0.921. The number of nitrogens with one attached hydrogen (secondary N) is 1. The number of hydrogen-bond donors (Lipinski definition) is 1. The van der Waals surface area contributed by atoms with Gasteiger partial charge in [-0.05, 0) is 38.5 Å². The van der Waals surface area contributed by atoms with Gasteiger partial charge in [0.1, 0.15) is 6.07 Å². The van der Waals surface area contributed by atoms with Gasteiger partial charge in [-0.25, -0.2) is 0 Å². The van der Waals surface area contributed by atoms with Crippen LogP contribution in [-0.4, -0.2) is 6.54 Å². The van der Waals surface area contributed by atoms with E-state index in [1.54, 1.807) is 6.07 Å². The summed E-state index contributed by atoms with van der Waals surface area (Å²) in [6.45, 7) is 4.48. The van der Waals surface area contributed by atoms with Crippen LogP contribution in [0.5, 0.6) is 0 Å². The van der Waals surface area contributed by atoms with Gasteiger partial charge in [0.2, 0.25) is 0 Å². The topological polar surface area (TPSA) is 59.6 Å². The Kier molecular flexibility index (Phi) is 4.54. The van der Waals surface area contributed by atoms with Gasteiger partial charge in [-0.1, -0.05) is 15.9 Å². The highest BCUT2D eigenvalue weighted by Gasteiger charge is 2.15. The highest BCUT2D eigenvalue weighted by atomic mass is 79.9. The molecule has 1 aromatic rings. The zero-order chi connectivity index (χ0) is 12.9. The summed E-state index contributed by atoms with van der Waals surface area (Å²) >= 11 is 3.37. The minimum absolute atomic E-state index is 0.341. The number of benzene rings is 1. The third-order valence-corrected chi connectivity index (χ3v) is 2.96. The lowest BCUT2D eigenvalue weighted by atomic mass is 9.91. The van der Waals surface area contributed by atoms with E-state index >= 15 is 0 Å². The molecule has 88 valence electrons. The van der Waals surface area contributed by atoms with Crippen molar-refractivity contribution in [2.45, 2.75) is 20.3 Å². The van der Waals surface area contributed by atoms with E-state index in [1.165, 1.54) is 0 Å². The molecule has 1 N–H and O–H groups in total. The van der Waals surface area contributed by atoms with E-state index in [-0.39, 0.29) is 5.41 Å². The van der Waals surface area contributed by atoms with Crippen molar-refractivity contribution in [2.24, 2.45) is 5.41 Å². The van der Waals surface area contributed by atoms with E-state index in [1.807, 2.05) is 26.0 Å². The number of nitriles is 2. The third-order valence-electron chi connectivity index (χ3n) is 2.47. The van der Waals surface area contributed by atoms with E-state index in [0.29, 0.717) is 12.1 Å². The van der Waals surface area contributed by atoms with Crippen molar-refractivity contribution in [1.29, 1.82) is 10.5 Å². The number of halogens is 1. The number of anilines is 1. The number of hydrogen-bond acceptors (Lipinski definition) is 3. The Hall–Kier alpha value is -1.52. The largest absolute Gasteiger partial charge is 0.384 e. The molecule has 17 heavy (non-hydrogen) atoms. The molecule has 3 nitrogen and oxygen atoms in total. The summed E-state index contributed by atoms with van der Waals surface area (Å²) in [5.41, 5.74) is 1.07. The maximum atomic E-state index is 8.96. The molecule has 4 heteroatoms. The Labute approximate surface area is 110 Å². The van der Waals surface area contributed by atoms with Gasteiger partial charge in [0.05, 0.1) is 22.7 Å². The average Bonchev–Trinajstić information content (AvgIpc) is 2.29. The Morgan fingerprint density at radius 1 is 1.35 bits per heavy atom. The summed E-state index contributed by atoms with van der Waals surface area (Å²) in [4.78, 5) is 0. The Morgan fingerprint density at radius 2 is 2.06 bits per heavy atom. The van der Waals surface area contributed by atoms with Gasteiger partial charge in [-0.15, -0.1) is 0 Å². The summed E-state index contributed by atoms with van der Waals surface area (Å²) in [5, 5.41) is 21.0. The maximum Gasteiger partial charge on any atom is 0.101 e. The van der Waals surface area contributed by atoms with Gasteiger partial charge in [0.15, 0.2) is 0 Å². The van der Waals surface area contributed by atoms with Crippen LogP contribution in [0.3, 0.4) is 0 Å². The Balaban J connectivity index is 2.68. The van der Waals surface area contributed by atoms with Crippen LogP contribution in [0.25, 0.3) is 0 Å². The van der Waals surface area contributed by atoms with Crippen LogP contribution >= 0.6 is 15.9 Å². The molecule has 0 aliphatic heterocycles. The smallest absolute Gasteiger partial charge is 0.101 e. The molecule has 1 aromatic carbocycles. The second-order valence-corrected chi connectivity index (χ2v) is 5.39. The van der Waals surface area contributed by atoms with Crippen LogP contribution < -0.4 is 5.32 Å². The summed E-state index contributed by atoms with van der Waals surface area (Å²) in [6.07, 6.45) is 0.737. The van der Waals surface area contributed by atoms with Crippen LogP contribution in [0.4, 0.5) is 5.69 Å². The highest BCUT2D eigenvalue weighted by Crippen LogP contribution is 2.23. The molecule has 0 saturated heterocycles. The van der Waals surface area contributed by atoms with Crippen LogP contribution in [0.2, 0.25) is 0 Å². The monoisotopic (exact) mass is 291 g/mol. The molecule has 0 fully saturated rings. The van der Waals surface area contributed by atoms with E-state index in [9.17, 15) is 0 Å². The first kappa shape index (κ1) is 13.5. The first-order chi connectivity index (χ1) is 7.98. The van der Waals surface area contributed by atoms with E-state index in [4.69, 9.17) is 10.5 Å². The van der Waals surface area contributed by atoms with Crippen molar-refractivity contribution < 1.29 is 0 Å². The SMILES string of the molecule is CC(C)(C#N)CCNc1cc(Br)ccc1C#N. The molecule has 0 aromatic heterocycles. The fraction of sp³-hybridized carbons (Fsp3) is 0.385. The molecule has 0 aliphatic rings. The molecular formula is C13H14BrN3. The lowest BCUT2D eigenvalue weighted by molar-refractivity contribution is 0.466. The van der Waals surface area contributed by atoms with E-state index in [0.717, 1.165) is 16.6 Å². The molecule has 1 rings (SSSR count). The molecule has 0 radical (unpaired) electrons. The summed E-state index contributed by atoms with van der Waals surface area (Å²) in [5.74, 6) is 0. The minimum atomic E-state index is -0.341. The van der Waals surface area contributed by atoms with Crippen LogP contribution in [-0.2, 0) is 0 Å². The van der Waals surface area contributed by atoms with E-state index < -0.39 is 0 Å². The van der Waals surface area contributed by atoms with Crippen molar-refractivity contribution in [3.05, 3.63) is 28.2 Å². The van der Waals surface area contributed by atoms with Gasteiger partial charge >= 0.3 is 0 Å². The van der Waals surface area contributed by atoms with Gasteiger partial charge in [0.25, 0.3) is 0 Å². The molecule has 0 saturated carbocycles. The van der Waals surface area contributed by atoms with Crippen molar-refractivity contribution >= 4 is 21.6 Å². The normalized spacial score (nSPS) is 10.4. The Morgan fingerprint density at radius 3 is 2.65 bits per heavy atom. The molecule has 0 heterocycles. The predicted molar refractivity (Wildman–Crippen MR) is 71.4 cm³/mol. The first-order valence-corrected chi connectivity index (χ1v) is 6.12. The standard InChI is InChI=1S/C13H14BrN3/c1-13(2,9-16)5-6-17-12-7-11(14)4-3-10(12)8-15/h3-4,7,17H,5-6H2,1-2H3. The molecule has 0 unspecified atom stereocenters. The summed E-state index contributed by atoms with van der Waals surface area (Å²) in [7, 11) is 0. The van der Waals surface area contributed by atoms with Crippen LogP contribution in [0.1, 0.15) is 25.8 Å². The van der Waals surface area contributed by atoms with Gasteiger partial charge in [0, 0.05) is 11.0 Å². The van der Waals surface area contributed by atoms with Gasteiger partial charge in [-0.3, -0.25) is 0 Å². The van der Waals surface area contributed by atoms with Crippen molar-refractivity contribution in [3.8, 4) is 12.1 Å². The predicted octanol–water partition coefficient (Wildman–Crippen LogP) is 3.67. The second kappa shape index (κ2) is 5.70. The van der Waals surface area contributed by atoms with Crippen molar-refractivity contribution in [3.63, 3.8) is 0 Å². The maximum absolute atomic E-state index is 8.96. The number of rotatable bonds is 4.